The van der Waals surface area contributed by atoms with E-state index in [4.69, 9.17) is 4.74 Å². The van der Waals surface area contributed by atoms with Crippen LogP contribution >= 0.6 is 0 Å². The Balaban J connectivity index is 2.83. The first-order valence-corrected chi connectivity index (χ1v) is 6.06. The number of nitrogens with one attached hydrogen (secondary N) is 1. The van der Waals surface area contributed by atoms with Gasteiger partial charge in [-0.25, -0.2) is 4.98 Å². The van der Waals surface area contributed by atoms with Gasteiger partial charge in [-0.15, -0.1) is 6.58 Å². The highest BCUT2D eigenvalue weighted by Crippen LogP contribution is 2.19. The zero-order chi connectivity index (χ0) is 12.7. The molecule has 0 unspecified atom stereocenters. The maximum atomic E-state index is 5.61. The molecule has 3 nitrogen and oxygen atoms in total. The van der Waals surface area contributed by atoms with Gasteiger partial charge in [0, 0.05) is 18.3 Å². The van der Waals surface area contributed by atoms with Crippen LogP contribution in [0.5, 0.6) is 5.88 Å². The van der Waals surface area contributed by atoms with Crippen LogP contribution in [0.15, 0.2) is 24.8 Å². The lowest BCUT2D eigenvalue weighted by atomic mass is 10.1. The van der Waals surface area contributed by atoms with Crippen molar-refractivity contribution in [3.8, 4) is 5.88 Å². The number of hydrogen-bond acceptors (Lipinski definition) is 3. The van der Waals surface area contributed by atoms with E-state index >= 15 is 0 Å². The molecule has 0 aromatic carbocycles. The van der Waals surface area contributed by atoms with Crippen LogP contribution in [0.25, 0.3) is 0 Å². The van der Waals surface area contributed by atoms with Crippen molar-refractivity contribution in [2.45, 2.75) is 32.7 Å². The maximum absolute atomic E-state index is 5.61. The monoisotopic (exact) mass is 234 g/mol. The van der Waals surface area contributed by atoms with Crippen molar-refractivity contribution in [3.63, 3.8) is 0 Å². The molecule has 0 fully saturated rings. The fourth-order valence-electron chi connectivity index (χ4n) is 1.50. The fourth-order valence-corrected chi connectivity index (χ4v) is 1.50. The first-order valence-electron chi connectivity index (χ1n) is 6.06. The minimum Gasteiger partial charge on any atom is -0.477 e. The highest BCUT2D eigenvalue weighted by atomic mass is 16.5. The van der Waals surface area contributed by atoms with Crippen LogP contribution in [0.3, 0.4) is 0 Å². The van der Waals surface area contributed by atoms with Gasteiger partial charge in [-0.05, 0) is 31.0 Å². The number of aromatic nitrogens is 1. The quantitative estimate of drug-likeness (QED) is 0.582. The summed E-state index contributed by atoms with van der Waals surface area (Å²) in [7, 11) is 1.94. The van der Waals surface area contributed by atoms with Crippen molar-refractivity contribution in [1.82, 2.24) is 10.3 Å². The summed E-state index contributed by atoms with van der Waals surface area (Å²) < 4.78 is 5.61. The molecule has 1 rings (SSSR count). The molecule has 3 heteroatoms. The standard InChI is InChI=1S/C14H22N2O/c1-5-6-7-17-14-9-12(10-15-4)8-13(16-14)11(2)3/h5,8-9,11,15H,1,6-7,10H2,2-4H3. The molecule has 17 heavy (non-hydrogen) atoms. The normalized spacial score (nSPS) is 10.6. The molecular formula is C14H22N2O. The van der Waals surface area contributed by atoms with Crippen molar-refractivity contribution in [2.24, 2.45) is 0 Å². The molecule has 0 radical (unpaired) electrons. The Morgan fingerprint density at radius 2 is 2.24 bits per heavy atom. The molecule has 0 saturated carbocycles. The fraction of sp³-hybridized carbons (Fsp3) is 0.500. The van der Waals surface area contributed by atoms with Crippen LogP contribution < -0.4 is 10.1 Å². The van der Waals surface area contributed by atoms with Gasteiger partial charge in [-0.3, -0.25) is 0 Å². The van der Waals surface area contributed by atoms with Gasteiger partial charge in [-0.1, -0.05) is 19.9 Å². The van der Waals surface area contributed by atoms with Gasteiger partial charge in [-0.2, -0.15) is 0 Å². The van der Waals surface area contributed by atoms with Gasteiger partial charge >= 0.3 is 0 Å². The van der Waals surface area contributed by atoms with Crippen LogP contribution in [-0.2, 0) is 6.54 Å². The van der Waals surface area contributed by atoms with E-state index in [1.54, 1.807) is 0 Å². The predicted molar refractivity (Wildman–Crippen MR) is 71.4 cm³/mol. The van der Waals surface area contributed by atoms with Gasteiger partial charge in [0.1, 0.15) is 0 Å². The Labute approximate surface area is 104 Å². The molecule has 0 amide bonds. The van der Waals surface area contributed by atoms with Gasteiger partial charge in [0.2, 0.25) is 5.88 Å². The van der Waals surface area contributed by atoms with E-state index < -0.39 is 0 Å². The smallest absolute Gasteiger partial charge is 0.213 e. The molecule has 0 aliphatic carbocycles. The van der Waals surface area contributed by atoms with Crippen molar-refractivity contribution in [1.29, 1.82) is 0 Å². The highest BCUT2D eigenvalue weighted by Gasteiger charge is 2.06. The average Bonchev–Trinajstić information content (AvgIpc) is 2.29. The summed E-state index contributed by atoms with van der Waals surface area (Å²) >= 11 is 0. The van der Waals surface area contributed by atoms with Crippen molar-refractivity contribution in [3.05, 3.63) is 36.0 Å². The largest absolute Gasteiger partial charge is 0.477 e. The van der Waals surface area contributed by atoms with Crippen LogP contribution in [0, 0.1) is 0 Å². The van der Waals surface area contributed by atoms with E-state index in [-0.39, 0.29) is 0 Å². The summed E-state index contributed by atoms with van der Waals surface area (Å²) in [6.07, 6.45) is 2.69. The van der Waals surface area contributed by atoms with Crippen LogP contribution in [-0.4, -0.2) is 18.6 Å². The van der Waals surface area contributed by atoms with Crippen LogP contribution in [0.2, 0.25) is 0 Å². The molecule has 0 spiro atoms. The topological polar surface area (TPSA) is 34.1 Å². The third-order valence-electron chi connectivity index (χ3n) is 2.43. The molecule has 1 heterocycles. The molecule has 94 valence electrons. The number of pyridine rings is 1. The Morgan fingerprint density at radius 3 is 2.82 bits per heavy atom. The molecular weight excluding hydrogens is 212 g/mol. The van der Waals surface area contributed by atoms with E-state index in [1.165, 1.54) is 5.56 Å². The van der Waals surface area contributed by atoms with Gasteiger partial charge in [0.05, 0.1) is 6.61 Å². The summed E-state index contributed by atoms with van der Waals surface area (Å²) in [6.45, 7) is 9.42. The molecule has 0 saturated heterocycles. The Kier molecular flexibility index (Phi) is 5.70. The second kappa shape index (κ2) is 7.07. The zero-order valence-corrected chi connectivity index (χ0v) is 11.0. The number of rotatable bonds is 7. The molecule has 1 N–H and O–H groups in total. The minimum absolute atomic E-state index is 0.411. The SMILES string of the molecule is C=CCCOc1cc(CNC)cc(C(C)C)n1. The second-order valence-corrected chi connectivity index (χ2v) is 4.35. The Bertz CT molecular complexity index is 361. The average molecular weight is 234 g/mol. The van der Waals surface area contributed by atoms with E-state index in [0.717, 1.165) is 18.7 Å². The van der Waals surface area contributed by atoms with Gasteiger partial charge in [0.25, 0.3) is 0 Å². The third kappa shape index (κ3) is 4.57. The summed E-state index contributed by atoms with van der Waals surface area (Å²) in [6, 6.07) is 4.12. The third-order valence-corrected chi connectivity index (χ3v) is 2.43. The summed E-state index contributed by atoms with van der Waals surface area (Å²) in [5.41, 5.74) is 2.28. The lowest BCUT2D eigenvalue weighted by molar-refractivity contribution is 0.310. The summed E-state index contributed by atoms with van der Waals surface area (Å²) in [5, 5.41) is 3.15. The van der Waals surface area contributed by atoms with Crippen LogP contribution in [0.1, 0.15) is 37.4 Å². The molecule has 1 aromatic heterocycles. The molecule has 0 aliphatic heterocycles. The molecule has 1 aromatic rings. The summed E-state index contributed by atoms with van der Waals surface area (Å²) in [4.78, 5) is 4.50. The minimum atomic E-state index is 0.411. The van der Waals surface area contributed by atoms with Crippen molar-refractivity contribution < 1.29 is 4.74 Å². The van der Waals surface area contributed by atoms with Gasteiger partial charge < -0.3 is 10.1 Å². The van der Waals surface area contributed by atoms with E-state index in [0.29, 0.717) is 18.4 Å². The lowest BCUT2D eigenvalue weighted by Gasteiger charge is -2.11. The maximum Gasteiger partial charge on any atom is 0.213 e. The van der Waals surface area contributed by atoms with Crippen LogP contribution in [0.4, 0.5) is 0 Å². The Hall–Kier alpha value is -1.35. The lowest BCUT2D eigenvalue weighted by Crippen LogP contribution is -2.08. The zero-order valence-electron chi connectivity index (χ0n) is 11.0. The molecule has 0 atom stereocenters. The van der Waals surface area contributed by atoms with Crippen molar-refractivity contribution in [2.75, 3.05) is 13.7 Å². The highest BCUT2D eigenvalue weighted by molar-refractivity contribution is 5.26. The van der Waals surface area contributed by atoms with E-state index in [2.05, 4.69) is 36.8 Å². The Morgan fingerprint density at radius 1 is 1.47 bits per heavy atom. The number of hydrogen-bond donors (Lipinski definition) is 1. The first-order chi connectivity index (χ1) is 8.17. The van der Waals surface area contributed by atoms with E-state index in [9.17, 15) is 0 Å². The predicted octanol–water partition coefficient (Wildman–Crippen LogP) is 2.88. The second-order valence-electron chi connectivity index (χ2n) is 4.35. The van der Waals surface area contributed by atoms with Gasteiger partial charge in [0.15, 0.2) is 0 Å². The summed E-state index contributed by atoms with van der Waals surface area (Å²) in [5.74, 6) is 1.12. The number of ether oxygens (including phenoxy) is 1. The molecule has 0 bridgehead atoms. The number of nitrogens with zero attached hydrogens (tertiary/aromatic N) is 1. The van der Waals surface area contributed by atoms with Crippen molar-refractivity contribution >= 4 is 0 Å². The first kappa shape index (κ1) is 13.7. The molecule has 0 aliphatic rings. The van der Waals surface area contributed by atoms with E-state index in [1.807, 2.05) is 19.2 Å².